The van der Waals surface area contributed by atoms with E-state index in [-0.39, 0.29) is 6.61 Å². The number of hydrogen-bond acceptors (Lipinski definition) is 1. The normalized spacial score (nSPS) is 20.8. The first-order valence-electron chi connectivity index (χ1n) is 7.02. The summed E-state index contributed by atoms with van der Waals surface area (Å²) in [5.41, 5.74) is 1.37. The van der Waals surface area contributed by atoms with Gasteiger partial charge in [0.25, 0.3) is 0 Å². The van der Waals surface area contributed by atoms with Crippen molar-refractivity contribution < 1.29 is 10.0 Å². The third-order valence-corrected chi connectivity index (χ3v) is 3.72. The summed E-state index contributed by atoms with van der Waals surface area (Å²) in [5.74, 6) is 0.792. The van der Waals surface area contributed by atoms with E-state index in [1.54, 1.807) is 0 Å². The molecule has 0 saturated carbocycles. The third-order valence-electron chi connectivity index (χ3n) is 3.72. The van der Waals surface area contributed by atoms with Crippen LogP contribution in [0.25, 0.3) is 0 Å². The summed E-state index contributed by atoms with van der Waals surface area (Å²) in [4.78, 5) is 1.50. The monoisotopic (exact) mass is 246 g/mol. The fourth-order valence-electron chi connectivity index (χ4n) is 2.76. The maximum atomic E-state index is 9.21. The van der Waals surface area contributed by atoms with E-state index in [2.05, 4.69) is 42.5 Å². The highest BCUT2D eigenvalue weighted by Gasteiger charge is 2.17. The molecule has 1 unspecified atom stereocenters. The Morgan fingerprint density at radius 2 is 2.00 bits per heavy atom. The van der Waals surface area contributed by atoms with E-state index in [0.29, 0.717) is 0 Å². The van der Waals surface area contributed by atoms with E-state index < -0.39 is 0 Å². The fourth-order valence-corrected chi connectivity index (χ4v) is 2.76. The van der Waals surface area contributed by atoms with Crippen LogP contribution in [0.15, 0.2) is 42.5 Å². The topological polar surface area (TPSA) is 24.7 Å². The number of quaternary nitrogens is 1. The van der Waals surface area contributed by atoms with Gasteiger partial charge in [0, 0.05) is 11.5 Å². The van der Waals surface area contributed by atoms with Crippen LogP contribution < -0.4 is 4.90 Å². The molecular formula is C16H24NO+. The maximum Gasteiger partial charge on any atom is 0.103 e. The van der Waals surface area contributed by atoms with Crippen molar-refractivity contribution in [1.82, 2.24) is 0 Å². The van der Waals surface area contributed by atoms with Gasteiger partial charge in [-0.1, -0.05) is 42.5 Å². The number of rotatable bonds is 6. The molecule has 2 N–H and O–H groups in total. The molecule has 1 aromatic carbocycles. The minimum atomic E-state index is 0.282. The van der Waals surface area contributed by atoms with E-state index in [1.165, 1.54) is 36.3 Å². The average molecular weight is 246 g/mol. The Morgan fingerprint density at radius 3 is 2.67 bits per heavy atom. The SMILES string of the molecule is OCC[NH+](Cc1ccccc1)C[C@@H]1CC=CCC1. The van der Waals surface area contributed by atoms with Crippen molar-refractivity contribution in [2.24, 2.45) is 5.92 Å². The molecule has 1 aliphatic rings. The Hall–Kier alpha value is -1.12. The zero-order valence-corrected chi connectivity index (χ0v) is 11.0. The molecule has 0 heterocycles. The van der Waals surface area contributed by atoms with Crippen LogP contribution in [0.4, 0.5) is 0 Å². The summed E-state index contributed by atoms with van der Waals surface area (Å²) in [6.07, 6.45) is 8.35. The number of aliphatic hydroxyl groups is 1. The first-order chi connectivity index (χ1) is 8.88. The van der Waals surface area contributed by atoms with Crippen LogP contribution in [-0.4, -0.2) is 24.8 Å². The largest absolute Gasteiger partial charge is 0.391 e. The summed E-state index contributed by atoms with van der Waals surface area (Å²) in [6.45, 7) is 3.35. The van der Waals surface area contributed by atoms with Gasteiger partial charge in [0.05, 0.1) is 13.2 Å². The van der Waals surface area contributed by atoms with E-state index in [9.17, 15) is 5.11 Å². The Bertz CT molecular complexity index is 361. The molecule has 0 radical (unpaired) electrons. The molecule has 1 aliphatic carbocycles. The number of benzene rings is 1. The highest BCUT2D eigenvalue weighted by atomic mass is 16.3. The second kappa shape index (κ2) is 7.34. The van der Waals surface area contributed by atoms with Crippen LogP contribution in [0.1, 0.15) is 24.8 Å². The fraction of sp³-hybridized carbons (Fsp3) is 0.500. The van der Waals surface area contributed by atoms with Gasteiger partial charge in [0.15, 0.2) is 0 Å². The molecule has 0 spiro atoms. The van der Waals surface area contributed by atoms with Gasteiger partial charge in [0.2, 0.25) is 0 Å². The molecule has 0 aromatic heterocycles. The minimum Gasteiger partial charge on any atom is -0.391 e. The van der Waals surface area contributed by atoms with Crippen molar-refractivity contribution >= 4 is 0 Å². The second-order valence-electron chi connectivity index (χ2n) is 5.24. The number of hydrogen-bond donors (Lipinski definition) is 2. The van der Waals surface area contributed by atoms with Gasteiger partial charge in [-0.25, -0.2) is 0 Å². The molecule has 98 valence electrons. The summed E-state index contributed by atoms with van der Waals surface area (Å²) >= 11 is 0. The van der Waals surface area contributed by atoms with Crippen molar-refractivity contribution in [3.8, 4) is 0 Å². The van der Waals surface area contributed by atoms with Gasteiger partial charge in [-0.2, -0.15) is 0 Å². The lowest BCUT2D eigenvalue weighted by Gasteiger charge is -2.25. The summed E-state index contributed by atoms with van der Waals surface area (Å²) in [5, 5.41) is 9.21. The number of allylic oxidation sites excluding steroid dienone is 2. The molecule has 0 aliphatic heterocycles. The van der Waals surface area contributed by atoms with Crippen LogP contribution in [0, 0.1) is 5.92 Å². The molecule has 0 saturated heterocycles. The van der Waals surface area contributed by atoms with Crippen LogP contribution in [-0.2, 0) is 6.54 Å². The predicted molar refractivity (Wildman–Crippen MR) is 74.4 cm³/mol. The Morgan fingerprint density at radius 1 is 1.17 bits per heavy atom. The Labute approximate surface area is 110 Å². The van der Waals surface area contributed by atoms with E-state index in [4.69, 9.17) is 0 Å². The van der Waals surface area contributed by atoms with Gasteiger partial charge in [0.1, 0.15) is 13.1 Å². The molecule has 0 bridgehead atoms. The molecule has 1 aromatic rings. The Kier molecular flexibility index (Phi) is 5.43. The van der Waals surface area contributed by atoms with E-state index >= 15 is 0 Å². The van der Waals surface area contributed by atoms with Crippen LogP contribution in [0.3, 0.4) is 0 Å². The molecule has 2 rings (SSSR count). The van der Waals surface area contributed by atoms with Crippen molar-refractivity contribution in [3.63, 3.8) is 0 Å². The summed E-state index contributed by atoms with van der Waals surface area (Å²) < 4.78 is 0. The first-order valence-corrected chi connectivity index (χ1v) is 7.02. The zero-order valence-electron chi connectivity index (χ0n) is 11.0. The van der Waals surface area contributed by atoms with Gasteiger partial charge >= 0.3 is 0 Å². The predicted octanol–water partition coefficient (Wildman–Crippen LogP) is 1.42. The van der Waals surface area contributed by atoms with Gasteiger partial charge in [-0.15, -0.1) is 0 Å². The quantitative estimate of drug-likeness (QED) is 0.729. The van der Waals surface area contributed by atoms with Gasteiger partial charge in [-0.05, 0) is 19.3 Å². The van der Waals surface area contributed by atoms with Crippen LogP contribution in [0.2, 0.25) is 0 Å². The van der Waals surface area contributed by atoms with Crippen molar-refractivity contribution in [2.75, 3.05) is 19.7 Å². The highest BCUT2D eigenvalue weighted by Crippen LogP contribution is 2.16. The molecular weight excluding hydrogens is 222 g/mol. The zero-order chi connectivity index (χ0) is 12.6. The summed E-state index contributed by atoms with van der Waals surface area (Å²) in [7, 11) is 0. The lowest BCUT2D eigenvalue weighted by molar-refractivity contribution is -0.917. The standard InChI is InChI=1S/C16H23NO/c18-12-11-17(13-15-7-3-1-4-8-15)14-16-9-5-2-6-10-16/h1-5,7-8,16,18H,6,9-14H2/p+1/t16-/m1/s1. The molecule has 2 atom stereocenters. The molecule has 2 nitrogen and oxygen atoms in total. The summed E-state index contributed by atoms with van der Waals surface area (Å²) in [6, 6.07) is 10.6. The first kappa shape index (κ1) is 13.3. The number of nitrogens with one attached hydrogen (secondary N) is 1. The van der Waals surface area contributed by atoms with Gasteiger partial charge in [-0.3, -0.25) is 0 Å². The Balaban J connectivity index is 1.89. The maximum absolute atomic E-state index is 9.21. The van der Waals surface area contributed by atoms with Crippen molar-refractivity contribution in [3.05, 3.63) is 48.0 Å². The molecule has 0 amide bonds. The number of aliphatic hydroxyl groups excluding tert-OH is 1. The van der Waals surface area contributed by atoms with Crippen LogP contribution >= 0.6 is 0 Å². The molecule has 0 fully saturated rings. The van der Waals surface area contributed by atoms with E-state index in [0.717, 1.165) is 19.0 Å². The van der Waals surface area contributed by atoms with Crippen LogP contribution in [0.5, 0.6) is 0 Å². The molecule has 2 heteroatoms. The average Bonchev–Trinajstić information content (AvgIpc) is 2.41. The van der Waals surface area contributed by atoms with Crippen molar-refractivity contribution in [2.45, 2.75) is 25.8 Å². The third kappa shape index (κ3) is 4.28. The minimum absolute atomic E-state index is 0.282. The van der Waals surface area contributed by atoms with E-state index in [1.807, 2.05) is 0 Å². The lowest BCUT2D eigenvalue weighted by Crippen LogP contribution is -3.11. The smallest absolute Gasteiger partial charge is 0.103 e. The van der Waals surface area contributed by atoms with Crippen molar-refractivity contribution in [1.29, 1.82) is 0 Å². The molecule has 18 heavy (non-hydrogen) atoms. The lowest BCUT2D eigenvalue weighted by atomic mass is 9.94. The second-order valence-corrected chi connectivity index (χ2v) is 5.24. The van der Waals surface area contributed by atoms with Gasteiger partial charge < -0.3 is 10.0 Å². The highest BCUT2D eigenvalue weighted by molar-refractivity contribution is 5.13.